The average Bonchev–Trinajstić information content (AvgIpc) is 2.67. The van der Waals surface area contributed by atoms with Gasteiger partial charge in [-0.1, -0.05) is 12.1 Å². The molecule has 0 fully saturated rings. The van der Waals surface area contributed by atoms with Gasteiger partial charge in [0.1, 0.15) is 5.82 Å². The van der Waals surface area contributed by atoms with Crippen LogP contribution in [0.25, 0.3) is 11.1 Å². The Hall–Kier alpha value is -1.90. The van der Waals surface area contributed by atoms with Crippen molar-refractivity contribution in [2.45, 2.75) is 6.92 Å². The number of carbonyl (C=O) groups excluding carboxylic acids is 1. The maximum absolute atomic E-state index is 12.7. The highest BCUT2D eigenvalue weighted by Crippen LogP contribution is 2.23. The normalized spacial score (nSPS) is 10.3. The molecule has 2 aromatic rings. The van der Waals surface area contributed by atoms with Gasteiger partial charge in [0.2, 0.25) is 0 Å². The van der Waals surface area contributed by atoms with E-state index in [2.05, 4.69) is 4.98 Å². The first-order valence-corrected chi connectivity index (χ1v) is 4.62. The van der Waals surface area contributed by atoms with E-state index in [0.29, 0.717) is 5.56 Å². The molecule has 1 N–H and O–H groups in total. The first kappa shape index (κ1) is 9.65. The molecule has 1 aromatic heterocycles. The standard InChI is InChI=1S/C12H10FNO/c1-8(15)11-6-14-7-12(11)9-2-4-10(13)5-3-9/h2-7,14H,1H3. The number of benzene rings is 1. The zero-order chi connectivity index (χ0) is 10.8. The highest BCUT2D eigenvalue weighted by molar-refractivity contribution is 6.00. The number of H-pyrrole nitrogens is 1. The molecule has 2 rings (SSSR count). The molecule has 2 nitrogen and oxygen atoms in total. The quantitative estimate of drug-likeness (QED) is 0.747. The fourth-order valence-electron chi connectivity index (χ4n) is 1.52. The molecule has 0 atom stereocenters. The number of hydrogen-bond donors (Lipinski definition) is 1. The van der Waals surface area contributed by atoms with Crippen molar-refractivity contribution in [1.29, 1.82) is 0 Å². The molecule has 0 saturated carbocycles. The summed E-state index contributed by atoms with van der Waals surface area (Å²) in [5.41, 5.74) is 2.27. The number of halogens is 1. The lowest BCUT2D eigenvalue weighted by Gasteiger charge is -2.00. The summed E-state index contributed by atoms with van der Waals surface area (Å²) in [7, 11) is 0. The summed E-state index contributed by atoms with van der Waals surface area (Å²) in [5, 5.41) is 0. The van der Waals surface area contributed by atoms with Crippen molar-refractivity contribution < 1.29 is 9.18 Å². The van der Waals surface area contributed by atoms with E-state index in [0.717, 1.165) is 11.1 Å². The van der Waals surface area contributed by atoms with Crippen LogP contribution >= 0.6 is 0 Å². The van der Waals surface area contributed by atoms with E-state index in [4.69, 9.17) is 0 Å². The zero-order valence-electron chi connectivity index (χ0n) is 8.25. The summed E-state index contributed by atoms with van der Waals surface area (Å²) in [6, 6.07) is 6.08. The zero-order valence-corrected chi connectivity index (χ0v) is 8.25. The lowest BCUT2D eigenvalue weighted by Crippen LogP contribution is -1.91. The van der Waals surface area contributed by atoms with Gasteiger partial charge in [0.25, 0.3) is 0 Å². The fraction of sp³-hybridized carbons (Fsp3) is 0.0833. The van der Waals surface area contributed by atoms with Crippen molar-refractivity contribution >= 4 is 5.78 Å². The molecule has 0 aliphatic carbocycles. The van der Waals surface area contributed by atoms with Gasteiger partial charge >= 0.3 is 0 Å². The van der Waals surface area contributed by atoms with Crippen LogP contribution in [0.2, 0.25) is 0 Å². The van der Waals surface area contributed by atoms with Gasteiger partial charge in [-0.05, 0) is 24.6 Å². The number of Topliss-reactive ketones (excluding diaryl/α,β-unsaturated/α-hetero) is 1. The Labute approximate surface area is 86.8 Å². The van der Waals surface area contributed by atoms with E-state index in [-0.39, 0.29) is 11.6 Å². The largest absolute Gasteiger partial charge is 0.366 e. The van der Waals surface area contributed by atoms with Gasteiger partial charge in [0.05, 0.1) is 0 Å². The Morgan fingerprint density at radius 1 is 1.20 bits per heavy atom. The summed E-state index contributed by atoms with van der Waals surface area (Å²) in [4.78, 5) is 14.2. The average molecular weight is 203 g/mol. The summed E-state index contributed by atoms with van der Waals surface area (Å²) in [6.45, 7) is 1.51. The second-order valence-electron chi connectivity index (χ2n) is 3.35. The van der Waals surface area contributed by atoms with E-state index in [1.54, 1.807) is 24.5 Å². The maximum atomic E-state index is 12.7. The van der Waals surface area contributed by atoms with Crippen LogP contribution in [0.15, 0.2) is 36.7 Å². The third-order valence-corrected chi connectivity index (χ3v) is 2.28. The van der Waals surface area contributed by atoms with Crippen LogP contribution < -0.4 is 0 Å². The second-order valence-corrected chi connectivity index (χ2v) is 3.35. The molecule has 0 unspecified atom stereocenters. The van der Waals surface area contributed by atoms with Crippen molar-refractivity contribution in [3.63, 3.8) is 0 Å². The number of aromatic nitrogens is 1. The van der Waals surface area contributed by atoms with E-state index in [9.17, 15) is 9.18 Å². The molecule has 0 aliphatic heterocycles. The van der Waals surface area contributed by atoms with Crippen molar-refractivity contribution in [3.8, 4) is 11.1 Å². The minimum Gasteiger partial charge on any atom is -0.366 e. The first-order valence-electron chi connectivity index (χ1n) is 4.62. The van der Waals surface area contributed by atoms with Crippen molar-refractivity contribution in [2.24, 2.45) is 0 Å². The third kappa shape index (κ3) is 1.81. The van der Waals surface area contributed by atoms with Gasteiger partial charge in [-0.25, -0.2) is 4.39 Å². The fourth-order valence-corrected chi connectivity index (χ4v) is 1.52. The van der Waals surface area contributed by atoms with Crippen LogP contribution in [0.4, 0.5) is 4.39 Å². The molecular formula is C12H10FNO. The van der Waals surface area contributed by atoms with Crippen molar-refractivity contribution in [1.82, 2.24) is 4.98 Å². The minimum absolute atomic E-state index is 0.00410. The highest BCUT2D eigenvalue weighted by Gasteiger charge is 2.09. The van der Waals surface area contributed by atoms with Gasteiger partial charge in [0, 0.05) is 23.5 Å². The topological polar surface area (TPSA) is 32.9 Å². The summed E-state index contributed by atoms with van der Waals surface area (Å²) < 4.78 is 12.7. The third-order valence-electron chi connectivity index (χ3n) is 2.28. The van der Waals surface area contributed by atoms with Crippen molar-refractivity contribution in [3.05, 3.63) is 48.0 Å². The van der Waals surface area contributed by atoms with E-state index < -0.39 is 0 Å². The van der Waals surface area contributed by atoms with Gasteiger partial charge < -0.3 is 4.98 Å². The first-order chi connectivity index (χ1) is 7.18. The van der Waals surface area contributed by atoms with Gasteiger partial charge in [-0.3, -0.25) is 4.79 Å². The summed E-state index contributed by atoms with van der Waals surface area (Å²) >= 11 is 0. The highest BCUT2D eigenvalue weighted by atomic mass is 19.1. The number of carbonyl (C=O) groups is 1. The Kier molecular flexibility index (Phi) is 2.37. The van der Waals surface area contributed by atoms with Crippen LogP contribution in [-0.4, -0.2) is 10.8 Å². The molecule has 0 radical (unpaired) electrons. The molecule has 0 saturated heterocycles. The number of aromatic amines is 1. The smallest absolute Gasteiger partial charge is 0.161 e. The van der Waals surface area contributed by atoms with Crippen LogP contribution in [0.5, 0.6) is 0 Å². The molecule has 1 heterocycles. The van der Waals surface area contributed by atoms with Crippen LogP contribution in [-0.2, 0) is 0 Å². The Bertz CT molecular complexity index is 485. The van der Waals surface area contributed by atoms with E-state index in [1.165, 1.54) is 19.1 Å². The van der Waals surface area contributed by atoms with E-state index in [1.807, 2.05) is 0 Å². The molecule has 0 amide bonds. The molecule has 76 valence electrons. The molecule has 0 aliphatic rings. The maximum Gasteiger partial charge on any atom is 0.161 e. The number of nitrogens with one attached hydrogen (secondary N) is 1. The minimum atomic E-state index is -0.279. The molecular weight excluding hydrogens is 193 g/mol. The lowest BCUT2D eigenvalue weighted by molar-refractivity contribution is 0.101. The second kappa shape index (κ2) is 3.69. The number of ketones is 1. The Morgan fingerprint density at radius 3 is 2.47 bits per heavy atom. The van der Waals surface area contributed by atoms with Crippen LogP contribution in [0.1, 0.15) is 17.3 Å². The molecule has 0 bridgehead atoms. The molecule has 0 spiro atoms. The predicted octanol–water partition coefficient (Wildman–Crippen LogP) is 3.02. The predicted molar refractivity (Wildman–Crippen MR) is 56.2 cm³/mol. The van der Waals surface area contributed by atoms with Crippen LogP contribution in [0.3, 0.4) is 0 Å². The molecule has 1 aromatic carbocycles. The Balaban J connectivity index is 2.49. The molecule has 15 heavy (non-hydrogen) atoms. The van der Waals surface area contributed by atoms with Gasteiger partial charge in [0.15, 0.2) is 5.78 Å². The Morgan fingerprint density at radius 2 is 1.87 bits per heavy atom. The monoisotopic (exact) mass is 203 g/mol. The van der Waals surface area contributed by atoms with Gasteiger partial charge in [-0.2, -0.15) is 0 Å². The summed E-state index contributed by atoms with van der Waals surface area (Å²) in [6.07, 6.45) is 3.39. The van der Waals surface area contributed by atoms with Crippen molar-refractivity contribution in [2.75, 3.05) is 0 Å². The number of hydrogen-bond acceptors (Lipinski definition) is 1. The summed E-state index contributed by atoms with van der Waals surface area (Å²) in [5.74, 6) is -0.283. The lowest BCUT2D eigenvalue weighted by atomic mass is 10.0. The van der Waals surface area contributed by atoms with Gasteiger partial charge in [-0.15, -0.1) is 0 Å². The number of rotatable bonds is 2. The SMILES string of the molecule is CC(=O)c1c[nH]cc1-c1ccc(F)cc1. The van der Waals surface area contributed by atoms with E-state index >= 15 is 0 Å². The van der Waals surface area contributed by atoms with Crippen LogP contribution in [0, 0.1) is 5.82 Å². The molecule has 3 heteroatoms.